The molecular weight excluding hydrogens is 360 g/mol. The van der Waals surface area contributed by atoms with E-state index < -0.39 is 11.9 Å². The zero-order chi connectivity index (χ0) is 21.8. The van der Waals surface area contributed by atoms with Crippen LogP contribution in [0.5, 0.6) is 0 Å². The van der Waals surface area contributed by atoms with Gasteiger partial charge in [0.25, 0.3) is 0 Å². The first-order valence-electron chi connectivity index (χ1n) is 9.70. The number of carboxylic acids is 2. The maximum absolute atomic E-state index is 10.3. The second-order valence-electron chi connectivity index (χ2n) is 6.45. The van der Waals surface area contributed by atoms with Crippen molar-refractivity contribution < 1.29 is 19.8 Å². The molecule has 1 aromatic carbocycles. The summed E-state index contributed by atoms with van der Waals surface area (Å²) in [5.41, 5.74) is 21.4. The number of aromatic carboxylic acids is 2. The normalized spacial score (nSPS) is 10.8. The van der Waals surface area contributed by atoms with Gasteiger partial charge in [-0.1, -0.05) is 19.8 Å². The first-order chi connectivity index (χ1) is 13.3. The predicted octanol–water partition coefficient (Wildman–Crippen LogP) is 1.87. The number of benzene rings is 1. The van der Waals surface area contributed by atoms with Crippen molar-refractivity contribution in [3.05, 3.63) is 35.4 Å². The molecule has 0 fully saturated rings. The molecule has 8 nitrogen and oxygen atoms in total. The number of nitrogens with two attached hydrogens (primary N) is 4. The van der Waals surface area contributed by atoms with Crippen molar-refractivity contribution in [3.63, 3.8) is 0 Å². The Kier molecular flexibility index (Phi) is 19.9. The Bertz CT molecular complexity index is 470. The van der Waals surface area contributed by atoms with Crippen molar-refractivity contribution in [1.29, 1.82) is 0 Å². The highest BCUT2D eigenvalue weighted by atomic mass is 16.4. The molecule has 0 bridgehead atoms. The number of hydrogen-bond acceptors (Lipinski definition) is 6. The van der Waals surface area contributed by atoms with Gasteiger partial charge in [0.2, 0.25) is 0 Å². The van der Waals surface area contributed by atoms with Crippen molar-refractivity contribution in [3.8, 4) is 0 Å². The number of carbonyl (C=O) groups is 2. The van der Waals surface area contributed by atoms with Gasteiger partial charge in [0.15, 0.2) is 0 Å². The van der Waals surface area contributed by atoms with E-state index in [1.54, 1.807) is 0 Å². The van der Waals surface area contributed by atoms with Gasteiger partial charge in [0.05, 0.1) is 11.1 Å². The molecule has 0 aliphatic carbocycles. The molecule has 1 rings (SSSR count). The Labute approximate surface area is 168 Å². The molecule has 1 aromatic rings. The minimum Gasteiger partial charge on any atom is -0.478 e. The molecule has 0 saturated heterocycles. The largest absolute Gasteiger partial charge is 0.478 e. The van der Waals surface area contributed by atoms with Crippen LogP contribution < -0.4 is 22.9 Å². The van der Waals surface area contributed by atoms with E-state index in [1.165, 1.54) is 43.5 Å². The van der Waals surface area contributed by atoms with Gasteiger partial charge in [-0.2, -0.15) is 0 Å². The lowest BCUT2D eigenvalue weighted by Gasteiger charge is -2.04. The van der Waals surface area contributed by atoms with Gasteiger partial charge in [-0.25, -0.2) is 9.59 Å². The third kappa shape index (κ3) is 17.4. The molecule has 0 saturated carbocycles. The van der Waals surface area contributed by atoms with E-state index in [-0.39, 0.29) is 11.1 Å². The number of unbranched alkanes of at least 4 members (excludes halogenated alkanes) is 3. The highest BCUT2D eigenvalue weighted by Gasteiger charge is 2.04. The number of hydrogen-bond donors (Lipinski definition) is 6. The standard InChI is InChI=1S/C8H6O4.2C6H16N2/c9-7(10)5-1-2-6(4-3-5)8(11)12;1-6(5-8)3-2-4-7;7-5-3-1-2-4-6-8/h1-4H,(H,9,10)(H,11,12);6H,2-5,7-8H2,1H3;1-8H2. The molecule has 0 aromatic heterocycles. The lowest BCUT2D eigenvalue weighted by Crippen LogP contribution is -2.12. The molecule has 1 unspecified atom stereocenters. The van der Waals surface area contributed by atoms with E-state index in [0.717, 1.165) is 45.4 Å². The van der Waals surface area contributed by atoms with Crippen LogP contribution in [0, 0.1) is 5.92 Å². The molecular formula is C20H38N4O4. The van der Waals surface area contributed by atoms with Crippen LogP contribution >= 0.6 is 0 Å². The van der Waals surface area contributed by atoms with Gasteiger partial charge in [0.1, 0.15) is 0 Å². The Hall–Kier alpha value is -2.00. The van der Waals surface area contributed by atoms with Crippen molar-refractivity contribution in [1.82, 2.24) is 0 Å². The Balaban J connectivity index is 0. The van der Waals surface area contributed by atoms with Gasteiger partial charge >= 0.3 is 11.9 Å². The summed E-state index contributed by atoms with van der Waals surface area (Å²) >= 11 is 0. The van der Waals surface area contributed by atoms with Gasteiger partial charge in [-0.05, 0) is 82.0 Å². The van der Waals surface area contributed by atoms with Crippen LogP contribution in [0.15, 0.2) is 24.3 Å². The summed E-state index contributed by atoms with van der Waals surface area (Å²) in [6.07, 6.45) is 7.08. The zero-order valence-corrected chi connectivity index (χ0v) is 17.0. The Morgan fingerprint density at radius 3 is 1.36 bits per heavy atom. The molecule has 0 aliphatic heterocycles. The highest BCUT2D eigenvalue weighted by molar-refractivity contribution is 5.91. The van der Waals surface area contributed by atoms with E-state index >= 15 is 0 Å². The van der Waals surface area contributed by atoms with Gasteiger partial charge < -0.3 is 33.1 Å². The van der Waals surface area contributed by atoms with Crippen LogP contribution in [0.3, 0.4) is 0 Å². The highest BCUT2D eigenvalue weighted by Crippen LogP contribution is 2.03. The zero-order valence-electron chi connectivity index (χ0n) is 17.0. The molecule has 0 spiro atoms. The number of carboxylic acid groups (broad SMARTS) is 2. The van der Waals surface area contributed by atoms with Crippen molar-refractivity contribution >= 4 is 11.9 Å². The minimum atomic E-state index is -1.06. The smallest absolute Gasteiger partial charge is 0.335 e. The maximum Gasteiger partial charge on any atom is 0.335 e. The van der Waals surface area contributed by atoms with Crippen LogP contribution in [0.1, 0.15) is 66.2 Å². The summed E-state index contributed by atoms with van der Waals surface area (Å²) in [5, 5.41) is 16.9. The van der Waals surface area contributed by atoms with Crippen LogP contribution in [0.2, 0.25) is 0 Å². The molecule has 0 amide bonds. The van der Waals surface area contributed by atoms with Crippen LogP contribution in [0.25, 0.3) is 0 Å². The molecule has 28 heavy (non-hydrogen) atoms. The Morgan fingerprint density at radius 1 is 0.750 bits per heavy atom. The topological polar surface area (TPSA) is 179 Å². The summed E-state index contributed by atoms with van der Waals surface area (Å²) in [6, 6.07) is 5.02. The Morgan fingerprint density at radius 2 is 1.11 bits per heavy atom. The molecule has 0 heterocycles. The average Bonchev–Trinajstić information content (AvgIpc) is 2.70. The van der Waals surface area contributed by atoms with E-state index in [1.807, 2.05) is 0 Å². The van der Waals surface area contributed by atoms with Gasteiger partial charge in [-0.15, -0.1) is 0 Å². The van der Waals surface area contributed by atoms with Crippen LogP contribution in [-0.4, -0.2) is 48.3 Å². The minimum absolute atomic E-state index is 0.0833. The molecule has 10 N–H and O–H groups in total. The van der Waals surface area contributed by atoms with Crippen LogP contribution in [-0.2, 0) is 0 Å². The second-order valence-corrected chi connectivity index (χ2v) is 6.45. The summed E-state index contributed by atoms with van der Waals surface area (Å²) < 4.78 is 0. The number of rotatable bonds is 11. The van der Waals surface area contributed by atoms with Crippen molar-refractivity contribution in [2.24, 2.45) is 28.9 Å². The van der Waals surface area contributed by atoms with Crippen molar-refractivity contribution in [2.45, 2.75) is 45.4 Å². The molecule has 0 radical (unpaired) electrons. The fraction of sp³-hybridized carbons (Fsp3) is 0.600. The lowest BCUT2D eigenvalue weighted by molar-refractivity contribution is 0.0681. The maximum atomic E-state index is 10.3. The third-order valence-corrected chi connectivity index (χ3v) is 3.84. The van der Waals surface area contributed by atoms with E-state index in [4.69, 9.17) is 33.1 Å². The third-order valence-electron chi connectivity index (χ3n) is 3.84. The lowest BCUT2D eigenvalue weighted by atomic mass is 10.1. The van der Waals surface area contributed by atoms with Gasteiger partial charge in [-0.3, -0.25) is 0 Å². The second kappa shape index (κ2) is 19.8. The van der Waals surface area contributed by atoms with Gasteiger partial charge in [0, 0.05) is 0 Å². The van der Waals surface area contributed by atoms with E-state index in [0.29, 0.717) is 5.92 Å². The van der Waals surface area contributed by atoms with Crippen molar-refractivity contribution in [2.75, 3.05) is 26.2 Å². The molecule has 0 aliphatic rings. The fourth-order valence-electron chi connectivity index (χ4n) is 1.98. The molecule has 162 valence electrons. The summed E-state index contributed by atoms with van der Waals surface area (Å²) in [7, 11) is 0. The van der Waals surface area contributed by atoms with E-state index in [9.17, 15) is 9.59 Å². The quantitative estimate of drug-likeness (QED) is 0.306. The summed E-state index contributed by atoms with van der Waals surface area (Å²) in [6.45, 7) is 5.38. The molecule has 1 atom stereocenters. The summed E-state index contributed by atoms with van der Waals surface area (Å²) in [5.74, 6) is -1.47. The molecule has 8 heteroatoms. The average molecular weight is 399 g/mol. The monoisotopic (exact) mass is 398 g/mol. The first-order valence-corrected chi connectivity index (χ1v) is 9.70. The predicted molar refractivity (Wildman–Crippen MR) is 113 cm³/mol. The SMILES string of the molecule is CC(CN)CCCN.NCCCCCCN.O=C(O)c1ccc(C(=O)O)cc1. The summed E-state index contributed by atoms with van der Waals surface area (Å²) in [4.78, 5) is 20.7. The van der Waals surface area contributed by atoms with E-state index in [2.05, 4.69) is 6.92 Å². The van der Waals surface area contributed by atoms with Crippen LogP contribution in [0.4, 0.5) is 0 Å². The fourth-order valence-corrected chi connectivity index (χ4v) is 1.98. The first kappa shape index (κ1) is 28.2.